The fourth-order valence-electron chi connectivity index (χ4n) is 1.52. The normalized spacial score (nSPS) is 15.4. The van der Waals surface area contributed by atoms with Crippen LogP contribution in [0.2, 0.25) is 0 Å². The molecule has 0 atom stereocenters. The fraction of sp³-hybridized carbons (Fsp3) is 0.917. The van der Waals surface area contributed by atoms with E-state index < -0.39 is 0 Å². The van der Waals surface area contributed by atoms with Crippen LogP contribution in [0.1, 0.15) is 46.5 Å². The molecular formula is C12H25ClN2O. The maximum Gasteiger partial charge on any atom is 0.234 e. The molecule has 0 saturated heterocycles. The molecule has 0 bridgehead atoms. The Morgan fingerprint density at radius 2 is 1.88 bits per heavy atom. The Kier molecular flexibility index (Phi) is 7.00. The molecule has 1 saturated carbocycles. The van der Waals surface area contributed by atoms with E-state index in [0.717, 1.165) is 25.3 Å². The van der Waals surface area contributed by atoms with E-state index in [2.05, 4.69) is 31.4 Å². The summed E-state index contributed by atoms with van der Waals surface area (Å²) >= 11 is 0. The Balaban J connectivity index is 0.00000225. The second kappa shape index (κ2) is 7.13. The number of amides is 1. The summed E-state index contributed by atoms with van der Waals surface area (Å²) in [4.78, 5) is 11.6. The van der Waals surface area contributed by atoms with E-state index in [4.69, 9.17) is 0 Å². The summed E-state index contributed by atoms with van der Waals surface area (Å²) in [5.74, 6) is 0.961. The van der Waals surface area contributed by atoms with Crippen LogP contribution in [-0.2, 0) is 4.79 Å². The molecule has 2 N–H and O–H groups in total. The van der Waals surface area contributed by atoms with E-state index in [-0.39, 0.29) is 23.9 Å². The molecule has 0 aromatic carbocycles. The number of rotatable bonds is 7. The van der Waals surface area contributed by atoms with Crippen molar-refractivity contribution in [1.29, 1.82) is 0 Å². The second-order valence-electron chi connectivity index (χ2n) is 4.89. The van der Waals surface area contributed by atoms with Gasteiger partial charge in [-0.15, -0.1) is 12.4 Å². The Labute approximate surface area is 105 Å². The number of carbonyl (C=O) groups excluding carboxylic acids is 1. The molecular weight excluding hydrogens is 224 g/mol. The highest BCUT2D eigenvalue weighted by Gasteiger charge is 2.23. The molecule has 0 radical (unpaired) electrons. The highest BCUT2D eigenvalue weighted by atomic mass is 35.5. The summed E-state index contributed by atoms with van der Waals surface area (Å²) in [6.07, 6.45) is 4.63. The zero-order chi connectivity index (χ0) is 11.3. The first kappa shape index (κ1) is 15.7. The van der Waals surface area contributed by atoms with Crippen LogP contribution in [0.15, 0.2) is 0 Å². The first-order chi connectivity index (χ1) is 7.09. The van der Waals surface area contributed by atoms with Crippen LogP contribution in [0.5, 0.6) is 0 Å². The minimum Gasteiger partial charge on any atom is -0.350 e. The number of halogens is 1. The van der Waals surface area contributed by atoms with Gasteiger partial charge in [-0.1, -0.05) is 13.8 Å². The Hall–Kier alpha value is -0.280. The summed E-state index contributed by atoms with van der Waals surface area (Å²) in [5, 5.41) is 6.29. The monoisotopic (exact) mass is 248 g/mol. The van der Waals surface area contributed by atoms with Gasteiger partial charge in [0.25, 0.3) is 0 Å². The largest absolute Gasteiger partial charge is 0.350 e. The molecule has 4 heteroatoms. The zero-order valence-corrected chi connectivity index (χ0v) is 11.5. The standard InChI is InChI=1S/C12H24N2O.ClH/c1-4-12(3,5-2)14-11(15)9-13-8-10-6-7-10;/h10,13H,4-9H2,1-3H3,(H,14,15);1H. The van der Waals surface area contributed by atoms with E-state index in [9.17, 15) is 4.79 Å². The predicted octanol–water partition coefficient (Wildman–Crippen LogP) is 2.10. The third-order valence-corrected chi connectivity index (χ3v) is 3.42. The lowest BCUT2D eigenvalue weighted by Gasteiger charge is -2.28. The number of carbonyl (C=O) groups is 1. The summed E-state index contributed by atoms with van der Waals surface area (Å²) in [6.45, 7) is 7.79. The third-order valence-electron chi connectivity index (χ3n) is 3.42. The first-order valence-corrected chi connectivity index (χ1v) is 6.11. The van der Waals surface area contributed by atoms with Gasteiger partial charge < -0.3 is 10.6 Å². The van der Waals surface area contributed by atoms with Gasteiger partial charge in [0.05, 0.1) is 6.54 Å². The van der Waals surface area contributed by atoms with Crippen molar-refractivity contribution in [3.05, 3.63) is 0 Å². The van der Waals surface area contributed by atoms with Gasteiger partial charge in [0.1, 0.15) is 0 Å². The van der Waals surface area contributed by atoms with Crippen LogP contribution in [0.3, 0.4) is 0 Å². The smallest absolute Gasteiger partial charge is 0.234 e. The second-order valence-corrected chi connectivity index (χ2v) is 4.89. The van der Waals surface area contributed by atoms with Crippen LogP contribution in [-0.4, -0.2) is 24.5 Å². The van der Waals surface area contributed by atoms with Gasteiger partial charge in [0.2, 0.25) is 5.91 Å². The van der Waals surface area contributed by atoms with Gasteiger partial charge in [0, 0.05) is 5.54 Å². The molecule has 3 nitrogen and oxygen atoms in total. The van der Waals surface area contributed by atoms with Crippen LogP contribution < -0.4 is 10.6 Å². The molecule has 96 valence electrons. The average molecular weight is 249 g/mol. The fourth-order valence-corrected chi connectivity index (χ4v) is 1.52. The molecule has 1 aliphatic rings. The Morgan fingerprint density at radius 1 is 1.31 bits per heavy atom. The van der Waals surface area contributed by atoms with Crippen molar-refractivity contribution < 1.29 is 4.79 Å². The van der Waals surface area contributed by atoms with Crippen LogP contribution in [0, 0.1) is 5.92 Å². The van der Waals surface area contributed by atoms with Gasteiger partial charge in [0.15, 0.2) is 0 Å². The van der Waals surface area contributed by atoms with Crippen LogP contribution >= 0.6 is 12.4 Å². The van der Waals surface area contributed by atoms with E-state index >= 15 is 0 Å². The van der Waals surface area contributed by atoms with Crippen molar-refractivity contribution in [3.8, 4) is 0 Å². The Morgan fingerprint density at radius 3 is 2.31 bits per heavy atom. The summed E-state index contributed by atoms with van der Waals surface area (Å²) < 4.78 is 0. The lowest BCUT2D eigenvalue weighted by Crippen LogP contribution is -2.48. The van der Waals surface area contributed by atoms with Crippen molar-refractivity contribution in [2.75, 3.05) is 13.1 Å². The topological polar surface area (TPSA) is 41.1 Å². The highest BCUT2D eigenvalue weighted by Crippen LogP contribution is 2.27. The van der Waals surface area contributed by atoms with Crippen LogP contribution in [0.25, 0.3) is 0 Å². The van der Waals surface area contributed by atoms with Crippen molar-refractivity contribution in [2.45, 2.75) is 52.0 Å². The molecule has 1 aliphatic carbocycles. The molecule has 0 unspecified atom stereocenters. The van der Waals surface area contributed by atoms with Crippen molar-refractivity contribution in [1.82, 2.24) is 10.6 Å². The minimum absolute atomic E-state index is 0. The molecule has 1 amide bonds. The average Bonchev–Trinajstić information content (AvgIpc) is 3.01. The number of hydrogen-bond donors (Lipinski definition) is 2. The molecule has 0 aromatic heterocycles. The quantitative estimate of drug-likeness (QED) is 0.725. The summed E-state index contributed by atoms with van der Waals surface area (Å²) in [7, 11) is 0. The lowest BCUT2D eigenvalue weighted by molar-refractivity contribution is -0.122. The SMILES string of the molecule is CCC(C)(CC)NC(=O)CNCC1CC1.Cl. The van der Waals surface area contributed by atoms with E-state index in [1.807, 2.05) is 0 Å². The first-order valence-electron chi connectivity index (χ1n) is 6.11. The molecule has 1 rings (SSSR count). The Bertz CT molecular complexity index is 213. The van der Waals surface area contributed by atoms with E-state index in [1.54, 1.807) is 0 Å². The molecule has 0 aliphatic heterocycles. The van der Waals surface area contributed by atoms with Crippen LogP contribution in [0.4, 0.5) is 0 Å². The zero-order valence-electron chi connectivity index (χ0n) is 10.6. The van der Waals surface area contributed by atoms with Crippen molar-refractivity contribution >= 4 is 18.3 Å². The molecule has 0 spiro atoms. The van der Waals surface area contributed by atoms with E-state index in [1.165, 1.54) is 12.8 Å². The molecule has 16 heavy (non-hydrogen) atoms. The predicted molar refractivity (Wildman–Crippen MR) is 70.0 cm³/mol. The maximum absolute atomic E-state index is 11.6. The maximum atomic E-state index is 11.6. The molecule has 0 aromatic rings. The third kappa shape index (κ3) is 5.71. The van der Waals surface area contributed by atoms with Gasteiger partial charge in [-0.25, -0.2) is 0 Å². The van der Waals surface area contributed by atoms with Gasteiger partial charge in [-0.2, -0.15) is 0 Å². The lowest BCUT2D eigenvalue weighted by atomic mass is 9.95. The van der Waals surface area contributed by atoms with Crippen molar-refractivity contribution in [2.24, 2.45) is 5.92 Å². The van der Waals surface area contributed by atoms with Gasteiger partial charge in [-0.3, -0.25) is 4.79 Å². The van der Waals surface area contributed by atoms with Crippen molar-refractivity contribution in [3.63, 3.8) is 0 Å². The van der Waals surface area contributed by atoms with Gasteiger partial charge >= 0.3 is 0 Å². The van der Waals surface area contributed by atoms with Gasteiger partial charge in [-0.05, 0) is 45.1 Å². The molecule has 1 fully saturated rings. The summed E-state index contributed by atoms with van der Waals surface area (Å²) in [6, 6.07) is 0. The number of nitrogens with one attached hydrogen (secondary N) is 2. The minimum atomic E-state index is -0.0294. The highest BCUT2D eigenvalue weighted by molar-refractivity contribution is 5.85. The summed E-state index contributed by atoms with van der Waals surface area (Å²) in [5.41, 5.74) is -0.0294. The number of hydrogen-bond acceptors (Lipinski definition) is 2. The van der Waals surface area contributed by atoms with E-state index in [0.29, 0.717) is 6.54 Å². The molecule has 0 heterocycles.